The SMILES string of the molecule is Cc1sc(Br)cc1C(N)c1cc2c(s1)CCCCC2. The fourth-order valence-corrected chi connectivity index (χ4v) is 5.80. The van der Waals surface area contributed by atoms with Gasteiger partial charge >= 0.3 is 0 Å². The molecular weight excluding hydrogens is 338 g/mol. The van der Waals surface area contributed by atoms with Crippen molar-refractivity contribution in [3.8, 4) is 0 Å². The third-order valence-electron chi connectivity index (χ3n) is 3.83. The molecule has 3 rings (SSSR count). The van der Waals surface area contributed by atoms with E-state index in [9.17, 15) is 0 Å². The van der Waals surface area contributed by atoms with E-state index in [4.69, 9.17) is 5.73 Å². The Balaban J connectivity index is 1.92. The fourth-order valence-electron chi connectivity index (χ4n) is 2.76. The predicted octanol–water partition coefficient (Wildman–Crippen LogP) is 5.20. The summed E-state index contributed by atoms with van der Waals surface area (Å²) in [6, 6.07) is 4.58. The Kier molecular flexibility index (Phi) is 4.13. The Bertz CT molecular complexity index is 561. The van der Waals surface area contributed by atoms with Gasteiger partial charge in [-0.3, -0.25) is 0 Å². The standard InChI is InChI=1S/C15H18BrNS2/c1-9-11(8-14(16)18-9)15(17)13-7-10-5-3-2-4-6-12(10)19-13/h7-8,15H,2-6,17H2,1H3. The Morgan fingerprint density at radius 3 is 2.68 bits per heavy atom. The van der Waals surface area contributed by atoms with Gasteiger partial charge in [-0.05, 0) is 71.8 Å². The minimum Gasteiger partial charge on any atom is -0.320 e. The Morgan fingerprint density at radius 2 is 1.95 bits per heavy atom. The Morgan fingerprint density at radius 1 is 1.16 bits per heavy atom. The van der Waals surface area contributed by atoms with Crippen LogP contribution in [0.5, 0.6) is 0 Å². The zero-order chi connectivity index (χ0) is 13.4. The molecule has 1 atom stereocenters. The number of rotatable bonds is 2. The van der Waals surface area contributed by atoms with Crippen LogP contribution in [0.3, 0.4) is 0 Å². The monoisotopic (exact) mass is 355 g/mol. The summed E-state index contributed by atoms with van der Waals surface area (Å²) in [5.74, 6) is 0. The van der Waals surface area contributed by atoms with Crippen LogP contribution < -0.4 is 5.73 Å². The van der Waals surface area contributed by atoms with Gasteiger partial charge in [-0.25, -0.2) is 0 Å². The lowest BCUT2D eigenvalue weighted by atomic mass is 10.1. The van der Waals surface area contributed by atoms with Crippen molar-refractivity contribution >= 4 is 38.6 Å². The highest BCUT2D eigenvalue weighted by molar-refractivity contribution is 9.11. The van der Waals surface area contributed by atoms with Gasteiger partial charge in [-0.15, -0.1) is 22.7 Å². The quantitative estimate of drug-likeness (QED) is 0.736. The lowest BCUT2D eigenvalue weighted by Gasteiger charge is -2.09. The minimum absolute atomic E-state index is 0.0412. The lowest BCUT2D eigenvalue weighted by Crippen LogP contribution is -2.10. The number of thiophene rings is 2. The van der Waals surface area contributed by atoms with E-state index in [1.165, 1.54) is 51.2 Å². The number of aryl methyl sites for hydroxylation is 3. The second-order valence-electron chi connectivity index (χ2n) is 5.20. The smallest absolute Gasteiger partial charge is 0.0704 e. The van der Waals surface area contributed by atoms with Crippen molar-refractivity contribution in [3.63, 3.8) is 0 Å². The summed E-state index contributed by atoms with van der Waals surface area (Å²) in [4.78, 5) is 4.23. The first-order valence-corrected chi connectivity index (χ1v) is 9.20. The van der Waals surface area contributed by atoms with Crippen LogP contribution in [0, 0.1) is 6.92 Å². The summed E-state index contributed by atoms with van der Waals surface area (Å²) in [6.07, 6.45) is 6.54. The van der Waals surface area contributed by atoms with E-state index in [1.54, 1.807) is 21.8 Å². The van der Waals surface area contributed by atoms with E-state index in [0.717, 1.165) is 0 Å². The molecule has 19 heavy (non-hydrogen) atoms. The summed E-state index contributed by atoms with van der Waals surface area (Å²) in [5, 5.41) is 0. The van der Waals surface area contributed by atoms with Crippen LogP contribution in [0.1, 0.15) is 51.1 Å². The maximum atomic E-state index is 6.48. The molecule has 0 radical (unpaired) electrons. The van der Waals surface area contributed by atoms with Gasteiger partial charge in [0.15, 0.2) is 0 Å². The molecular formula is C15H18BrNS2. The van der Waals surface area contributed by atoms with Crippen molar-refractivity contribution in [2.24, 2.45) is 5.73 Å². The Labute approximate surface area is 131 Å². The number of hydrogen-bond acceptors (Lipinski definition) is 3. The molecule has 0 aromatic carbocycles. The summed E-state index contributed by atoms with van der Waals surface area (Å²) in [5.41, 5.74) is 9.30. The van der Waals surface area contributed by atoms with Gasteiger partial charge in [-0.1, -0.05) is 6.42 Å². The minimum atomic E-state index is 0.0412. The van der Waals surface area contributed by atoms with Crippen LogP contribution in [0.25, 0.3) is 0 Å². The molecule has 1 aliphatic carbocycles. The van der Waals surface area contributed by atoms with Crippen molar-refractivity contribution in [1.29, 1.82) is 0 Å². The van der Waals surface area contributed by atoms with Crippen molar-refractivity contribution < 1.29 is 0 Å². The summed E-state index contributed by atoms with van der Waals surface area (Å²) >= 11 is 7.26. The second-order valence-corrected chi connectivity index (χ2v) is 9.00. The second kappa shape index (κ2) is 5.68. The number of nitrogens with two attached hydrogens (primary N) is 1. The topological polar surface area (TPSA) is 26.0 Å². The summed E-state index contributed by atoms with van der Waals surface area (Å²) < 4.78 is 1.17. The molecule has 0 aliphatic heterocycles. The van der Waals surface area contributed by atoms with Gasteiger partial charge in [0.05, 0.1) is 9.83 Å². The molecule has 0 saturated carbocycles. The molecule has 2 aromatic rings. The fraction of sp³-hybridized carbons (Fsp3) is 0.467. The average molecular weight is 356 g/mol. The van der Waals surface area contributed by atoms with Gasteiger partial charge in [-0.2, -0.15) is 0 Å². The molecule has 0 spiro atoms. The van der Waals surface area contributed by atoms with Gasteiger partial charge in [0, 0.05) is 14.6 Å². The van der Waals surface area contributed by atoms with Crippen LogP contribution >= 0.6 is 38.6 Å². The van der Waals surface area contributed by atoms with Gasteiger partial charge in [0.2, 0.25) is 0 Å². The first-order chi connectivity index (χ1) is 9.15. The molecule has 2 aromatic heterocycles. The summed E-state index contributed by atoms with van der Waals surface area (Å²) in [6.45, 7) is 2.16. The zero-order valence-corrected chi connectivity index (χ0v) is 14.3. The molecule has 0 saturated heterocycles. The summed E-state index contributed by atoms with van der Waals surface area (Å²) in [7, 11) is 0. The highest BCUT2D eigenvalue weighted by Gasteiger charge is 2.19. The maximum absolute atomic E-state index is 6.48. The average Bonchev–Trinajstić information content (AvgIpc) is 2.85. The molecule has 0 amide bonds. The van der Waals surface area contributed by atoms with Gasteiger partial charge in [0.1, 0.15) is 0 Å². The molecule has 2 heterocycles. The number of fused-ring (bicyclic) bond motifs is 1. The first-order valence-electron chi connectivity index (χ1n) is 6.78. The van der Waals surface area contributed by atoms with Gasteiger partial charge < -0.3 is 5.73 Å². The van der Waals surface area contributed by atoms with Crippen LogP contribution in [-0.2, 0) is 12.8 Å². The third kappa shape index (κ3) is 2.82. The van der Waals surface area contributed by atoms with Gasteiger partial charge in [0.25, 0.3) is 0 Å². The van der Waals surface area contributed by atoms with Crippen LogP contribution in [0.2, 0.25) is 0 Å². The van der Waals surface area contributed by atoms with E-state index in [-0.39, 0.29) is 6.04 Å². The lowest BCUT2D eigenvalue weighted by molar-refractivity contribution is 0.712. The van der Waals surface area contributed by atoms with Crippen molar-refractivity contribution in [2.45, 2.75) is 45.1 Å². The van der Waals surface area contributed by atoms with Crippen molar-refractivity contribution in [1.82, 2.24) is 0 Å². The van der Waals surface area contributed by atoms with Crippen LogP contribution in [0.4, 0.5) is 0 Å². The molecule has 0 fully saturated rings. The van der Waals surface area contributed by atoms with E-state index in [2.05, 4.69) is 35.0 Å². The van der Waals surface area contributed by atoms with Crippen LogP contribution in [0.15, 0.2) is 15.9 Å². The molecule has 1 aliphatic rings. The molecule has 2 N–H and O–H groups in total. The molecule has 1 nitrogen and oxygen atoms in total. The predicted molar refractivity (Wildman–Crippen MR) is 88.4 cm³/mol. The largest absolute Gasteiger partial charge is 0.320 e. The maximum Gasteiger partial charge on any atom is 0.0704 e. The highest BCUT2D eigenvalue weighted by Crippen LogP contribution is 2.37. The van der Waals surface area contributed by atoms with E-state index < -0.39 is 0 Å². The molecule has 1 unspecified atom stereocenters. The molecule has 4 heteroatoms. The van der Waals surface area contributed by atoms with Crippen molar-refractivity contribution in [3.05, 3.63) is 41.7 Å². The molecule has 0 bridgehead atoms. The molecule has 102 valence electrons. The van der Waals surface area contributed by atoms with Crippen molar-refractivity contribution in [2.75, 3.05) is 0 Å². The number of halogens is 1. The van der Waals surface area contributed by atoms with E-state index >= 15 is 0 Å². The highest BCUT2D eigenvalue weighted by atomic mass is 79.9. The normalized spacial score (nSPS) is 17.0. The first kappa shape index (κ1) is 13.8. The third-order valence-corrected chi connectivity index (χ3v) is 6.72. The zero-order valence-electron chi connectivity index (χ0n) is 11.0. The van der Waals surface area contributed by atoms with Crippen LogP contribution in [-0.4, -0.2) is 0 Å². The number of hydrogen-bond donors (Lipinski definition) is 1. The van der Waals surface area contributed by atoms with E-state index in [0.29, 0.717) is 0 Å². The Hall–Kier alpha value is -0.160. The van der Waals surface area contributed by atoms with E-state index in [1.807, 2.05) is 11.3 Å².